The first-order valence-corrected chi connectivity index (χ1v) is 9.55. The highest BCUT2D eigenvalue weighted by Gasteiger charge is 2.11. The first-order valence-electron chi connectivity index (χ1n) is 7.49. The molecule has 0 unspecified atom stereocenters. The molecule has 25 heavy (non-hydrogen) atoms. The number of H-pyrrole nitrogens is 1. The van der Waals surface area contributed by atoms with Gasteiger partial charge in [0.2, 0.25) is 5.91 Å². The second-order valence-corrected chi connectivity index (χ2v) is 7.71. The van der Waals surface area contributed by atoms with Crippen molar-refractivity contribution in [2.75, 3.05) is 11.1 Å². The molecule has 0 fully saturated rings. The first kappa shape index (κ1) is 17.9. The highest BCUT2D eigenvalue weighted by atomic mass is 127. The average molecular weight is 466 g/mol. The Hall–Kier alpha value is -1.94. The van der Waals surface area contributed by atoms with Crippen LogP contribution in [0.4, 0.5) is 5.69 Å². The number of fused-ring (bicyclic) bond motifs is 1. The second-order valence-electron chi connectivity index (χ2n) is 5.50. The van der Waals surface area contributed by atoms with Crippen molar-refractivity contribution in [2.45, 2.75) is 19.0 Å². The quantitative estimate of drug-likeness (QED) is 0.350. The topological polar surface area (TPSA) is 87.7 Å². The van der Waals surface area contributed by atoms with Gasteiger partial charge >= 0.3 is 0 Å². The van der Waals surface area contributed by atoms with Crippen molar-refractivity contribution in [3.8, 4) is 0 Å². The zero-order chi connectivity index (χ0) is 18.0. The molecule has 8 heteroatoms. The lowest BCUT2D eigenvalue weighted by Crippen LogP contribution is -2.16. The van der Waals surface area contributed by atoms with E-state index in [1.807, 2.05) is 44.2 Å². The molecule has 0 aliphatic carbocycles. The van der Waals surface area contributed by atoms with E-state index in [-0.39, 0.29) is 17.2 Å². The SMILES string of the molecule is Cc1cc(C)c2c(=O)[nH]c(SCC(=O)Nc3cccc(I)c3)nc2n1. The number of benzene rings is 1. The fourth-order valence-electron chi connectivity index (χ4n) is 2.43. The average Bonchev–Trinajstić information content (AvgIpc) is 2.52. The molecule has 2 heterocycles. The highest BCUT2D eigenvalue weighted by molar-refractivity contribution is 14.1. The van der Waals surface area contributed by atoms with Crippen molar-refractivity contribution in [2.24, 2.45) is 0 Å². The van der Waals surface area contributed by atoms with Crippen molar-refractivity contribution in [3.63, 3.8) is 0 Å². The lowest BCUT2D eigenvalue weighted by Gasteiger charge is -2.06. The van der Waals surface area contributed by atoms with E-state index >= 15 is 0 Å². The Kier molecular flexibility index (Phi) is 5.38. The van der Waals surface area contributed by atoms with E-state index in [9.17, 15) is 9.59 Å². The number of aryl methyl sites for hydroxylation is 2. The van der Waals surface area contributed by atoms with Gasteiger partial charge in [0, 0.05) is 15.0 Å². The molecule has 0 spiro atoms. The van der Waals surface area contributed by atoms with E-state index in [2.05, 4.69) is 42.9 Å². The number of thioether (sulfide) groups is 1. The third-order valence-electron chi connectivity index (χ3n) is 3.43. The molecule has 0 radical (unpaired) electrons. The van der Waals surface area contributed by atoms with Crippen molar-refractivity contribution < 1.29 is 4.79 Å². The summed E-state index contributed by atoms with van der Waals surface area (Å²) in [6, 6.07) is 9.39. The van der Waals surface area contributed by atoms with Crippen LogP contribution in [0.1, 0.15) is 11.3 Å². The van der Waals surface area contributed by atoms with Gasteiger partial charge < -0.3 is 10.3 Å². The molecule has 0 saturated carbocycles. The Morgan fingerprint density at radius 3 is 2.84 bits per heavy atom. The lowest BCUT2D eigenvalue weighted by molar-refractivity contribution is -0.113. The smallest absolute Gasteiger partial charge is 0.261 e. The number of nitrogens with one attached hydrogen (secondary N) is 2. The van der Waals surface area contributed by atoms with Gasteiger partial charge in [-0.25, -0.2) is 9.97 Å². The van der Waals surface area contributed by atoms with Crippen LogP contribution in [0.2, 0.25) is 0 Å². The maximum absolute atomic E-state index is 12.3. The third-order valence-corrected chi connectivity index (χ3v) is 4.97. The van der Waals surface area contributed by atoms with Gasteiger partial charge in [-0.2, -0.15) is 0 Å². The van der Waals surface area contributed by atoms with Crippen LogP contribution in [-0.2, 0) is 4.79 Å². The molecule has 0 aliphatic rings. The molecule has 0 bridgehead atoms. The number of anilines is 1. The summed E-state index contributed by atoms with van der Waals surface area (Å²) in [5.74, 6) is -0.0202. The van der Waals surface area contributed by atoms with Crippen LogP contribution in [-0.4, -0.2) is 26.6 Å². The first-order chi connectivity index (χ1) is 11.9. The van der Waals surface area contributed by atoms with Crippen LogP contribution in [0, 0.1) is 17.4 Å². The van der Waals surface area contributed by atoms with Crippen molar-refractivity contribution in [1.82, 2.24) is 15.0 Å². The maximum atomic E-state index is 12.3. The molecule has 1 aromatic carbocycles. The van der Waals surface area contributed by atoms with E-state index < -0.39 is 0 Å². The second kappa shape index (κ2) is 7.52. The molecule has 3 rings (SSSR count). The van der Waals surface area contributed by atoms with E-state index in [0.717, 1.165) is 20.5 Å². The minimum absolute atomic E-state index is 0.144. The summed E-state index contributed by atoms with van der Waals surface area (Å²) in [5, 5.41) is 3.69. The lowest BCUT2D eigenvalue weighted by atomic mass is 10.2. The van der Waals surface area contributed by atoms with E-state index in [1.54, 1.807) is 0 Å². The molecule has 3 aromatic rings. The Labute approximate surface area is 162 Å². The van der Waals surface area contributed by atoms with Crippen LogP contribution in [0.5, 0.6) is 0 Å². The molecule has 128 valence electrons. The standard InChI is InChI=1S/C17H15IN4O2S/c1-9-6-10(2)19-15-14(9)16(24)22-17(21-15)25-8-13(23)20-12-5-3-4-11(18)7-12/h3-7H,8H2,1-2H3,(H,20,23)(H,19,21,22,24). The van der Waals surface area contributed by atoms with Crippen molar-refractivity contribution in [1.29, 1.82) is 0 Å². The van der Waals surface area contributed by atoms with Gasteiger partial charge in [0.05, 0.1) is 11.1 Å². The predicted molar refractivity (Wildman–Crippen MR) is 108 cm³/mol. The van der Waals surface area contributed by atoms with E-state index in [0.29, 0.717) is 16.2 Å². The molecular formula is C17H15IN4O2S. The number of amides is 1. The van der Waals surface area contributed by atoms with Gasteiger partial charge in [-0.15, -0.1) is 0 Å². The van der Waals surface area contributed by atoms with Gasteiger partial charge in [-0.3, -0.25) is 9.59 Å². The fourth-order valence-corrected chi connectivity index (χ4v) is 3.63. The van der Waals surface area contributed by atoms with Crippen LogP contribution in [0.25, 0.3) is 11.0 Å². The van der Waals surface area contributed by atoms with Crippen LogP contribution in [0.15, 0.2) is 40.3 Å². The number of aromatic nitrogens is 3. The van der Waals surface area contributed by atoms with Gasteiger partial charge in [-0.05, 0) is 66.3 Å². The zero-order valence-corrected chi connectivity index (χ0v) is 16.6. The Morgan fingerprint density at radius 2 is 2.08 bits per heavy atom. The molecule has 2 N–H and O–H groups in total. The zero-order valence-electron chi connectivity index (χ0n) is 13.6. The number of halogens is 1. The largest absolute Gasteiger partial charge is 0.325 e. The molecule has 1 amide bonds. The highest BCUT2D eigenvalue weighted by Crippen LogP contribution is 2.18. The summed E-state index contributed by atoms with van der Waals surface area (Å²) in [7, 11) is 0. The Balaban J connectivity index is 1.75. The summed E-state index contributed by atoms with van der Waals surface area (Å²) in [4.78, 5) is 35.7. The summed E-state index contributed by atoms with van der Waals surface area (Å²) in [6.07, 6.45) is 0. The Morgan fingerprint density at radius 1 is 1.28 bits per heavy atom. The molecule has 0 atom stereocenters. The Bertz CT molecular complexity index is 1020. The molecule has 6 nitrogen and oxygen atoms in total. The number of nitrogens with zero attached hydrogens (tertiary/aromatic N) is 2. The monoisotopic (exact) mass is 466 g/mol. The fraction of sp³-hybridized carbons (Fsp3) is 0.176. The number of hydrogen-bond acceptors (Lipinski definition) is 5. The summed E-state index contributed by atoms with van der Waals surface area (Å²) < 4.78 is 1.04. The van der Waals surface area contributed by atoms with Crippen molar-refractivity contribution in [3.05, 3.63) is 55.5 Å². The van der Waals surface area contributed by atoms with E-state index in [1.165, 1.54) is 11.8 Å². The number of rotatable bonds is 4. The number of aromatic amines is 1. The van der Waals surface area contributed by atoms with Crippen LogP contribution >= 0.6 is 34.4 Å². The molecule has 2 aromatic heterocycles. The summed E-state index contributed by atoms with van der Waals surface area (Å²) in [5.41, 5.74) is 2.54. The van der Waals surface area contributed by atoms with Gasteiger partial charge in [-0.1, -0.05) is 17.8 Å². The van der Waals surface area contributed by atoms with Crippen LogP contribution < -0.4 is 10.9 Å². The number of carbonyl (C=O) groups is 1. The number of pyridine rings is 1. The van der Waals surface area contributed by atoms with Crippen LogP contribution in [0.3, 0.4) is 0 Å². The van der Waals surface area contributed by atoms with Gasteiger partial charge in [0.1, 0.15) is 0 Å². The normalized spacial score (nSPS) is 10.8. The summed E-state index contributed by atoms with van der Waals surface area (Å²) >= 11 is 3.36. The molecule has 0 saturated heterocycles. The van der Waals surface area contributed by atoms with Gasteiger partial charge in [0.25, 0.3) is 5.56 Å². The minimum Gasteiger partial charge on any atom is -0.325 e. The molecule has 0 aliphatic heterocycles. The van der Waals surface area contributed by atoms with Crippen molar-refractivity contribution >= 4 is 57.0 Å². The maximum Gasteiger partial charge on any atom is 0.261 e. The minimum atomic E-state index is -0.240. The summed E-state index contributed by atoms with van der Waals surface area (Å²) in [6.45, 7) is 3.71. The predicted octanol–water partition coefficient (Wildman–Crippen LogP) is 3.27. The molecular weight excluding hydrogens is 451 g/mol. The number of hydrogen-bond donors (Lipinski definition) is 2. The number of carbonyl (C=O) groups excluding carboxylic acids is 1. The van der Waals surface area contributed by atoms with Gasteiger partial charge in [0.15, 0.2) is 10.8 Å². The third kappa shape index (κ3) is 4.37. The van der Waals surface area contributed by atoms with E-state index in [4.69, 9.17) is 0 Å².